The van der Waals surface area contributed by atoms with Crippen LogP contribution in [0.1, 0.15) is 17.8 Å². The minimum absolute atomic E-state index is 0.0453. The Morgan fingerprint density at radius 2 is 1.97 bits per heavy atom. The van der Waals surface area contributed by atoms with E-state index in [-0.39, 0.29) is 5.91 Å². The van der Waals surface area contributed by atoms with E-state index >= 15 is 0 Å². The van der Waals surface area contributed by atoms with Crippen LogP contribution in [0.2, 0.25) is 5.02 Å². The van der Waals surface area contributed by atoms with Gasteiger partial charge in [0.1, 0.15) is 11.3 Å². The highest BCUT2D eigenvalue weighted by Crippen LogP contribution is 2.23. The number of carbonyl (C=O) groups excluding carboxylic acids is 1. The quantitative estimate of drug-likeness (QED) is 0.445. The molecule has 0 bridgehead atoms. The molecule has 5 rings (SSSR count). The van der Waals surface area contributed by atoms with Gasteiger partial charge >= 0.3 is 0 Å². The van der Waals surface area contributed by atoms with Gasteiger partial charge < -0.3 is 5.32 Å². The molecule has 1 N–H and O–H groups in total. The number of fused-ring (bicyclic) bond motifs is 3. The van der Waals surface area contributed by atoms with Crippen molar-refractivity contribution in [3.63, 3.8) is 0 Å². The highest BCUT2D eigenvalue weighted by molar-refractivity contribution is 6.30. The average Bonchev–Trinajstić information content (AvgIpc) is 3.41. The van der Waals surface area contributed by atoms with Crippen molar-refractivity contribution in [1.82, 2.24) is 34.5 Å². The van der Waals surface area contributed by atoms with Gasteiger partial charge in [0, 0.05) is 54.8 Å². The van der Waals surface area contributed by atoms with Gasteiger partial charge in [0.15, 0.2) is 5.65 Å². The van der Waals surface area contributed by atoms with Crippen LogP contribution in [0.3, 0.4) is 0 Å². The third-order valence-corrected chi connectivity index (χ3v) is 5.27. The second-order valence-electron chi connectivity index (χ2n) is 7.11. The molecule has 0 saturated carbocycles. The minimum atomic E-state index is -0.0453. The minimum Gasteiger partial charge on any atom is -0.352 e. The molecule has 31 heavy (non-hydrogen) atoms. The van der Waals surface area contributed by atoms with Crippen LogP contribution >= 0.6 is 11.6 Å². The topological polar surface area (TPSA) is 89.5 Å². The maximum atomic E-state index is 12.2. The number of pyridine rings is 1. The van der Waals surface area contributed by atoms with E-state index in [9.17, 15) is 4.79 Å². The Balaban J connectivity index is 1.33. The van der Waals surface area contributed by atoms with E-state index in [1.807, 2.05) is 59.3 Å². The van der Waals surface area contributed by atoms with E-state index in [2.05, 4.69) is 25.6 Å². The highest BCUT2D eigenvalue weighted by Gasteiger charge is 2.13. The molecule has 0 aliphatic carbocycles. The summed E-state index contributed by atoms with van der Waals surface area (Å²) in [5.74, 6) is 0.680. The molecule has 0 aliphatic heterocycles. The summed E-state index contributed by atoms with van der Waals surface area (Å²) in [6.07, 6.45) is 7.97. The van der Waals surface area contributed by atoms with Crippen LogP contribution in [-0.2, 0) is 17.8 Å². The SMILES string of the molecule is O=C(CCc1nnc2c3cc(-c4ccc(Cl)cc4)nn3ccn12)NCc1cccnc1. The molecule has 0 fully saturated rings. The monoisotopic (exact) mass is 431 g/mol. The Morgan fingerprint density at radius 1 is 1.10 bits per heavy atom. The second kappa shape index (κ2) is 8.16. The van der Waals surface area contributed by atoms with E-state index in [1.165, 1.54) is 0 Å². The summed E-state index contributed by atoms with van der Waals surface area (Å²) in [4.78, 5) is 16.3. The molecule has 154 valence electrons. The van der Waals surface area contributed by atoms with Crippen molar-refractivity contribution in [2.75, 3.05) is 0 Å². The molecule has 0 radical (unpaired) electrons. The normalized spacial score (nSPS) is 11.3. The van der Waals surface area contributed by atoms with Gasteiger partial charge in [0.25, 0.3) is 0 Å². The molecule has 1 aromatic carbocycles. The van der Waals surface area contributed by atoms with Crippen LogP contribution in [0.25, 0.3) is 22.4 Å². The summed E-state index contributed by atoms with van der Waals surface area (Å²) in [7, 11) is 0. The van der Waals surface area contributed by atoms with E-state index in [1.54, 1.807) is 16.9 Å². The smallest absolute Gasteiger partial charge is 0.220 e. The Hall–Kier alpha value is -3.78. The maximum Gasteiger partial charge on any atom is 0.220 e. The van der Waals surface area contributed by atoms with Crippen molar-refractivity contribution < 1.29 is 4.79 Å². The average molecular weight is 432 g/mol. The fourth-order valence-electron chi connectivity index (χ4n) is 3.41. The Morgan fingerprint density at radius 3 is 2.77 bits per heavy atom. The van der Waals surface area contributed by atoms with Crippen LogP contribution in [0.15, 0.2) is 67.3 Å². The molecule has 0 unspecified atom stereocenters. The molecule has 1 amide bonds. The Bertz CT molecular complexity index is 1360. The summed E-state index contributed by atoms with van der Waals surface area (Å²) >= 11 is 5.98. The third-order valence-electron chi connectivity index (χ3n) is 5.02. The van der Waals surface area contributed by atoms with Crippen molar-refractivity contribution in [1.29, 1.82) is 0 Å². The lowest BCUT2D eigenvalue weighted by molar-refractivity contribution is -0.121. The van der Waals surface area contributed by atoms with Crippen LogP contribution in [-0.4, -0.2) is 35.1 Å². The molecule has 0 atom stereocenters. The van der Waals surface area contributed by atoms with Crippen molar-refractivity contribution >= 4 is 28.7 Å². The van der Waals surface area contributed by atoms with Gasteiger partial charge in [-0.05, 0) is 29.8 Å². The lowest BCUT2D eigenvalue weighted by Crippen LogP contribution is -2.23. The lowest BCUT2D eigenvalue weighted by Gasteiger charge is -2.04. The third kappa shape index (κ3) is 3.97. The molecule has 0 spiro atoms. The van der Waals surface area contributed by atoms with Gasteiger partial charge in [-0.1, -0.05) is 29.8 Å². The highest BCUT2D eigenvalue weighted by atomic mass is 35.5. The van der Waals surface area contributed by atoms with E-state index < -0.39 is 0 Å². The molecule has 4 aromatic heterocycles. The zero-order valence-corrected chi connectivity index (χ0v) is 17.2. The number of halogens is 1. The van der Waals surface area contributed by atoms with Crippen molar-refractivity contribution in [2.24, 2.45) is 0 Å². The molecule has 8 nitrogen and oxygen atoms in total. The number of hydrogen-bond donors (Lipinski definition) is 1. The molecular formula is C22H18ClN7O. The zero-order chi connectivity index (χ0) is 21.2. The van der Waals surface area contributed by atoms with Gasteiger partial charge in [0.05, 0.1) is 5.69 Å². The summed E-state index contributed by atoms with van der Waals surface area (Å²) in [5, 5.41) is 16.8. The maximum absolute atomic E-state index is 12.2. The van der Waals surface area contributed by atoms with E-state index in [4.69, 9.17) is 11.6 Å². The van der Waals surface area contributed by atoms with Crippen molar-refractivity contribution in [2.45, 2.75) is 19.4 Å². The molecule has 4 heterocycles. The van der Waals surface area contributed by atoms with Gasteiger partial charge in [-0.2, -0.15) is 5.10 Å². The first-order chi connectivity index (χ1) is 15.2. The summed E-state index contributed by atoms with van der Waals surface area (Å²) in [6.45, 7) is 0.456. The number of benzene rings is 1. The molecule has 0 saturated heterocycles. The first kappa shape index (κ1) is 19.2. The van der Waals surface area contributed by atoms with Crippen LogP contribution in [0.5, 0.6) is 0 Å². The number of aryl methyl sites for hydroxylation is 1. The molecular weight excluding hydrogens is 414 g/mol. The number of amides is 1. The summed E-state index contributed by atoms with van der Waals surface area (Å²) < 4.78 is 3.68. The second-order valence-corrected chi connectivity index (χ2v) is 7.55. The van der Waals surface area contributed by atoms with Crippen LogP contribution in [0, 0.1) is 0 Å². The van der Waals surface area contributed by atoms with Gasteiger partial charge in [-0.3, -0.25) is 14.2 Å². The first-order valence-corrected chi connectivity index (χ1v) is 10.2. The van der Waals surface area contributed by atoms with Gasteiger partial charge in [0.2, 0.25) is 5.91 Å². The van der Waals surface area contributed by atoms with E-state index in [0.717, 1.165) is 28.2 Å². The Kier molecular flexibility index (Phi) is 5.05. The predicted molar refractivity (Wildman–Crippen MR) is 117 cm³/mol. The number of carbonyl (C=O) groups is 1. The predicted octanol–water partition coefficient (Wildman–Crippen LogP) is 3.34. The Labute approximate surface area is 182 Å². The standard InChI is InChI=1S/C22H18ClN7O/c23-17-5-3-16(4-6-17)18-12-19-22-27-26-20(29(22)10-11-30(19)28-18)7-8-21(31)25-14-15-2-1-9-24-13-15/h1-6,9-13H,7-8,14H2,(H,25,31). The van der Waals surface area contributed by atoms with Crippen molar-refractivity contribution in [3.8, 4) is 11.3 Å². The fourth-order valence-corrected chi connectivity index (χ4v) is 3.54. The summed E-state index contributed by atoms with van der Waals surface area (Å²) in [6, 6.07) is 13.3. The number of rotatable bonds is 6. The molecule has 5 aromatic rings. The largest absolute Gasteiger partial charge is 0.352 e. The number of nitrogens with zero attached hydrogens (tertiary/aromatic N) is 6. The van der Waals surface area contributed by atoms with Crippen LogP contribution in [0.4, 0.5) is 0 Å². The van der Waals surface area contributed by atoms with Gasteiger partial charge in [-0.15, -0.1) is 10.2 Å². The zero-order valence-electron chi connectivity index (χ0n) is 16.4. The van der Waals surface area contributed by atoms with Gasteiger partial charge in [-0.25, -0.2) is 4.52 Å². The van der Waals surface area contributed by atoms with Crippen molar-refractivity contribution in [3.05, 3.63) is 83.7 Å². The number of hydrogen-bond acceptors (Lipinski definition) is 5. The summed E-state index contributed by atoms with van der Waals surface area (Å²) in [5.41, 5.74) is 4.29. The van der Waals surface area contributed by atoms with E-state index in [0.29, 0.717) is 30.1 Å². The lowest BCUT2D eigenvalue weighted by atomic mass is 10.1. The fraction of sp³-hybridized carbons (Fsp3) is 0.136. The molecule has 0 aliphatic rings. The van der Waals surface area contributed by atoms with Crippen LogP contribution < -0.4 is 5.32 Å². The number of nitrogens with one attached hydrogen (secondary N) is 1. The first-order valence-electron chi connectivity index (χ1n) is 9.81. The number of aromatic nitrogens is 6. The molecule has 9 heteroatoms.